The summed E-state index contributed by atoms with van der Waals surface area (Å²) in [7, 11) is -2.25. The Hall–Kier alpha value is -3.11. The van der Waals surface area contributed by atoms with Gasteiger partial charge in [0.05, 0.1) is 24.2 Å². The molecule has 0 aliphatic carbocycles. The molecule has 0 spiro atoms. The number of rotatable bonds is 6. The summed E-state index contributed by atoms with van der Waals surface area (Å²) in [6, 6.07) is 12.9. The number of nitrogens with zero attached hydrogens (tertiary/aromatic N) is 2. The lowest BCUT2D eigenvalue weighted by Crippen LogP contribution is -2.48. The molecule has 0 radical (unpaired) electrons. The minimum absolute atomic E-state index is 0.00110. The predicted molar refractivity (Wildman–Crippen MR) is 115 cm³/mol. The molecule has 2 aromatic rings. The van der Waals surface area contributed by atoms with Crippen LogP contribution in [0.2, 0.25) is 0 Å². The first-order valence-electron chi connectivity index (χ1n) is 10.3. The van der Waals surface area contributed by atoms with Crippen molar-refractivity contribution >= 4 is 27.6 Å². The standard InChI is InChI=1S/C22H24N2O7S/c1-29-22(26)20-14-24(18-6-2-3-7-19(18)31-20)21(25)15-30-16-8-10-17(11-9-16)32(27,28)23-12-4-5-13-23/h2-3,6-11,20H,4-5,12-15H2,1H3/t20-/m0/s1. The highest BCUT2D eigenvalue weighted by atomic mass is 32.2. The highest BCUT2D eigenvalue weighted by Gasteiger charge is 2.34. The summed E-state index contributed by atoms with van der Waals surface area (Å²) in [5.41, 5.74) is 0.535. The Morgan fingerprint density at radius 1 is 1.06 bits per heavy atom. The van der Waals surface area contributed by atoms with E-state index in [4.69, 9.17) is 14.2 Å². The molecule has 0 saturated carbocycles. The van der Waals surface area contributed by atoms with Crippen LogP contribution in [0.3, 0.4) is 0 Å². The van der Waals surface area contributed by atoms with Crippen molar-refractivity contribution in [3.8, 4) is 11.5 Å². The number of anilines is 1. The topological polar surface area (TPSA) is 102 Å². The van der Waals surface area contributed by atoms with E-state index >= 15 is 0 Å². The minimum Gasteiger partial charge on any atom is -0.484 e. The second-order valence-electron chi connectivity index (χ2n) is 7.47. The van der Waals surface area contributed by atoms with Crippen LogP contribution in [0, 0.1) is 0 Å². The molecule has 0 unspecified atom stereocenters. The van der Waals surface area contributed by atoms with Gasteiger partial charge in [0, 0.05) is 13.1 Å². The van der Waals surface area contributed by atoms with E-state index in [-0.39, 0.29) is 24.0 Å². The molecule has 1 fully saturated rings. The van der Waals surface area contributed by atoms with Crippen LogP contribution >= 0.6 is 0 Å². The van der Waals surface area contributed by atoms with E-state index in [1.54, 1.807) is 24.3 Å². The van der Waals surface area contributed by atoms with E-state index < -0.39 is 22.1 Å². The third-order valence-electron chi connectivity index (χ3n) is 5.43. The fraction of sp³-hybridized carbons (Fsp3) is 0.364. The molecule has 0 N–H and O–H groups in total. The van der Waals surface area contributed by atoms with Crippen LogP contribution in [0.1, 0.15) is 12.8 Å². The average molecular weight is 461 g/mol. The SMILES string of the molecule is COC(=O)[C@@H]1CN(C(=O)COc2ccc(S(=O)(=O)N3CCCC3)cc2)c2ccccc2O1. The van der Waals surface area contributed by atoms with Gasteiger partial charge < -0.3 is 19.1 Å². The highest BCUT2D eigenvalue weighted by Crippen LogP contribution is 2.33. The van der Waals surface area contributed by atoms with Crippen molar-refractivity contribution in [2.45, 2.75) is 23.8 Å². The number of fused-ring (bicyclic) bond motifs is 1. The zero-order valence-corrected chi connectivity index (χ0v) is 18.4. The molecular weight excluding hydrogens is 436 g/mol. The van der Waals surface area contributed by atoms with Crippen molar-refractivity contribution in [2.24, 2.45) is 0 Å². The lowest BCUT2D eigenvalue weighted by atomic mass is 10.2. The fourth-order valence-electron chi connectivity index (χ4n) is 3.73. The summed E-state index contributed by atoms with van der Waals surface area (Å²) in [6.45, 7) is 0.769. The molecule has 9 nitrogen and oxygen atoms in total. The van der Waals surface area contributed by atoms with Crippen LogP contribution in [0.25, 0.3) is 0 Å². The first-order chi connectivity index (χ1) is 15.4. The Labute approximate surface area is 186 Å². The number of amides is 1. The van der Waals surface area contributed by atoms with Gasteiger partial charge in [0.15, 0.2) is 6.61 Å². The molecule has 10 heteroatoms. The molecule has 2 aromatic carbocycles. The van der Waals surface area contributed by atoms with Crippen molar-refractivity contribution in [1.29, 1.82) is 0 Å². The van der Waals surface area contributed by atoms with Gasteiger partial charge in [-0.15, -0.1) is 0 Å². The van der Waals surface area contributed by atoms with E-state index in [2.05, 4.69) is 0 Å². The van der Waals surface area contributed by atoms with Crippen LogP contribution in [0.5, 0.6) is 11.5 Å². The second kappa shape index (κ2) is 9.17. The molecule has 0 bridgehead atoms. The first kappa shape index (κ1) is 22.1. The number of carbonyl (C=O) groups excluding carboxylic acids is 2. The van der Waals surface area contributed by atoms with E-state index in [1.165, 1.54) is 40.6 Å². The van der Waals surface area contributed by atoms with Gasteiger partial charge in [-0.1, -0.05) is 12.1 Å². The summed E-state index contributed by atoms with van der Waals surface area (Å²) in [5.74, 6) is -0.180. The van der Waals surface area contributed by atoms with Crippen LogP contribution < -0.4 is 14.4 Å². The number of sulfonamides is 1. The van der Waals surface area contributed by atoms with Crippen molar-refractivity contribution in [3.05, 3.63) is 48.5 Å². The molecule has 2 aliphatic heterocycles. The number of para-hydroxylation sites is 2. The Balaban J connectivity index is 1.43. The number of carbonyl (C=O) groups is 2. The fourth-order valence-corrected chi connectivity index (χ4v) is 5.25. The third-order valence-corrected chi connectivity index (χ3v) is 7.34. The summed E-state index contributed by atoms with van der Waals surface area (Å²) in [4.78, 5) is 26.5. The molecule has 2 aliphatic rings. The average Bonchev–Trinajstić information content (AvgIpc) is 3.37. The van der Waals surface area contributed by atoms with Crippen molar-refractivity contribution in [3.63, 3.8) is 0 Å². The summed E-state index contributed by atoms with van der Waals surface area (Å²) in [5, 5.41) is 0. The Kier molecular flexibility index (Phi) is 6.33. The second-order valence-corrected chi connectivity index (χ2v) is 9.41. The maximum Gasteiger partial charge on any atom is 0.348 e. The van der Waals surface area contributed by atoms with Gasteiger partial charge in [-0.2, -0.15) is 4.31 Å². The van der Waals surface area contributed by atoms with E-state index in [1.807, 2.05) is 0 Å². The zero-order chi connectivity index (χ0) is 22.7. The summed E-state index contributed by atoms with van der Waals surface area (Å²) in [6.07, 6.45) is 0.794. The molecule has 2 heterocycles. The maximum absolute atomic E-state index is 12.9. The van der Waals surface area contributed by atoms with Crippen molar-refractivity contribution in [1.82, 2.24) is 4.31 Å². The Morgan fingerprint density at radius 2 is 1.75 bits per heavy atom. The van der Waals surface area contributed by atoms with Gasteiger partial charge in [-0.3, -0.25) is 4.79 Å². The lowest BCUT2D eigenvalue weighted by molar-refractivity contribution is -0.148. The molecule has 0 aromatic heterocycles. The summed E-state index contributed by atoms with van der Waals surface area (Å²) < 4.78 is 42.7. The molecule has 170 valence electrons. The number of hydrogen-bond donors (Lipinski definition) is 0. The van der Waals surface area contributed by atoms with Gasteiger partial charge in [0.1, 0.15) is 11.5 Å². The van der Waals surface area contributed by atoms with Gasteiger partial charge in [-0.25, -0.2) is 13.2 Å². The Bertz CT molecular complexity index is 1100. The molecular formula is C22H24N2O7S. The first-order valence-corrected chi connectivity index (χ1v) is 11.7. The third kappa shape index (κ3) is 4.42. The minimum atomic E-state index is -3.51. The van der Waals surface area contributed by atoms with Crippen molar-refractivity contribution < 1.29 is 32.2 Å². The lowest BCUT2D eigenvalue weighted by Gasteiger charge is -2.33. The van der Waals surface area contributed by atoms with Gasteiger partial charge in [0.2, 0.25) is 16.1 Å². The normalized spacial score (nSPS) is 18.5. The smallest absolute Gasteiger partial charge is 0.348 e. The molecule has 4 rings (SSSR count). The van der Waals surface area contributed by atoms with Crippen LogP contribution in [0.15, 0.2) is 53.4 Å². The number of ether oxygens (including phenoxy) is 3. The molecule has 1 atom stereocenters. The Morgan fingerprint density at radius 3 is 2.44 bits per heavy atom. The van der Waals surface area contributed by atoms with Crippen LogP contribution in [-0.4, -0.2) is 64.1 Å². The number of esters is 1. The highest BCUT2D eigenvalue weighted by molar-refractivity contribution is 7.89. The largest absolute Gasteiger partial charge is 0.484 e. The number of benzene rings is 2. The van der Waals surface area contributed by atoms with Gasteiger partial charge >= 0.3 is 5.97 Å². The monoisotopic (exact) mass is 460 g/mol. The molecule has 1 saturated heterocycles. The van der Waals surface area contributed by atoms with E-state index in [9.17, 15) is 18.0 Å². The molecule has 1 amide bonds. The number of methoxy groups -OCH3 is 1. The maximum atomic E-state index is 12.9. The van der Waals surface area contributed by atoms with Gasteiger partial charge in [-0.05, 0) is 49.2 Å². The number of hydrogen-bond acceptors (Lipinski definition) is 7. The predicted octanol–water partition coefficient (Wildman–Crippen LogP) is 1.82. The van der Waals surface area contributed by atoms with Crippen molar-refractivity contribution in [2.75, 3.05) is 38.3 Å². The zero-order valence-electron chi connectivity index (χ0n) is 17.6. The quantitative estimate of drug-likeness (QED) is 0.606. The summed E-state index contributed by atoms with van der Waals surface area (Å²) >= 11 is 0. The van der Waals surface area contributed by atoms with Crippen LogP contribution in [0.4, 0.5) is 5.69 Å². The van der Waals surface area contributed by atoms with E-state index in [0.29, 0.717) is 30.3 Å². The van der Waals surface area contributed by atoms with E-state index in [0.717, 1.165) is 12.8 Å². The molecule has 32 heavy (non-hydrogen) atoms. The van der Waals surface area contributed by atoms with Gasteiger partial charge in [0.25, 0.3) is 5.91 Å². The van der Waals surface area contributed by atoms with Crippen LogP contribution in [-0.2, 0) is 24.3 Å².